The van der Waals surface area contributed by atoms with E-state index in [1.165, 1.54) is 0 Å². The van der Waals surface area contributed by atoms with Gasteiger partial charge in [0.2, 0.25) is 0 Å². The first-order valence-corrected chi connectivity index (χ1v) is 4.60. The molecule has 0 saturated heterocycles. The molecule has 0 spiro atoms. The van der Waals surface area contributed by atoms with Crippen LogP contribution in [-0.2, 0) is 0 Å². The number of benzene rings is 1. The van der Waals surface area contributed by atoms with Crippen LogP contribution in [0.1, 0.15) is 11.1 Å². The molecule has 0 atom stereocenters. The Kier molecular flexibility index (Phi) is 4.26. The predicted molar refractivity (Wildman–Crippen MR) is 60.8 cm³/mol. The highest BCUT2D eigenvalue weighted by Gasteiger charge is 1.96. The van der Waals surface area contributed by atoms with Crippen molar-refractivity contribution in [3.05, 3.63) is 45.8 Å². The van der Waals surface area contributed by atoms with Crippen LogP contribution in [0.5, 0.6) is 5.75 Å². The van der Waals surface area contributed by atoms with Gasteiger partial charge in [0, 0.05) is 11.5 Å². The quantitative estimate of drug-likeness (QED) is 0.420. The van der Waals surface area contributed by atoms with Crippen LogP contribution in [0.2, 0.25) is 0 Å². The van der Waals surface area contributed by atoms with Crippen LogP contribution < -0.4 is 4.74 Å². The average Bonchev–Trinajstić information content (AvgIpc) is 2.26. The third-order valence-electron chi connectivity index (χ3n) is 2.03. The topological polar surface area (TPSA) is 58.0 Å². The van der Waals surface area contributed by atoms with Gasteiger partial charge >= 0.3 is 0 Å². The second kappa shape index (κ2) is 5.73. The van der Waals surface area contributed by atoms with Crippen LogP contribution in [0.15, 0.2) is 29.4 Å². The summed E-state index contributed by atoms with van der Waals surface area (Å²) in [7, 11) is 1.64. The van der Waals surface area contributed by atoms with Crippen LogP contribution in [-0.4, -0.2) is 13.7 Å². The first-order chi connectivity index (χ1) is 7.27. The van der Waals surface area contributed by atoms with E-state index >= 15 is 0 Å². The number of methoxy groups -OCH3 is 1. The standard InChI is InChI=1S/C11H13N3O/c1-9-5-6-11(15-2)8-10(9)4-3-7-13-14-12/h3-6,8H,7H2,1-2H3. The second-order valence-electron chi connectivity index (χ2n) is 3.04. The number of aryl methyl sites for hydroxylation is 1. The van der Waals surface area contributed by atoms with E-state index in [0.29, 0.717) is 6.54 Å². The van der Waals surface area contributed by atoms with Crippen molar-refractivity contribution in [3.63, 3.8) is 0 Å². The first-order valence-electron chi connectivity index (χ1n) is 4.60. The molecular formula is C11H13N3O. The predicted octanol–water partition coefficient (Wildman–Crippen LogP) is 3.33. The molecule has 78 valence electrons. The lowest BCUT2D eigenvalue weighted by molar-refractivity contribution is 0.414. The average molecular weight is 203 g/mol. The van der Waals surface area contributed by atoms with Crippen LogP contribution >= 0.6 is 0 Å². The van der Waals surface area contributed by atoms with E-state index in [-0.39, 0.29) is 0 Å². The van der Waals surface area contributed by atoms with E-state index in [1.807, 2.05) is 37.3 Å². The molecule has 0 aliphatic heterocycles. The molecule has 0 aliphatic carbocycles. The summed E-state index contributed by atoms with van der Waals surface area (Å²) in [4.78, 5) is 2.67. The van der Waals surface area contributed by atoms with Gasteiger partial charge in [-0.15, -0.1) is 0 Å². The molecular weight excluding hydrogens is 190 g/mol. The Balaban J connectivity index is 2.83. The van der Waals surface area contributed by atoms with Crippen molar-refractivity contribution in [1.82, 2.24) is 0 Å². The van der Waals surface area contributed by atoms with Crippen molar-refractivity contribution in [2.24, 2.45) is 5.11 Å². The van der Waals surface area contributed by atoms with Crippen molar-refractivity contribution in [2.45, 2.75) is 6.92 Å². The zero-order valence-corrected chi connectivity index (χ0v) is 8.84. The lowest BCUT2D eigenvalue weighted by Crippen LogP contribution is -1.86. The van der Waals surface area contributed by atoms with Gasteiger partial charge in [0.15, 0.2) is 0 Å². The molecule has 0 bridgehead atoms. The van der Waals surface area contributed by atoms with E-state index in [1.54, 1.807) is 7.11 Å². The molecule has 0 unspecified atom stereocenters. The molecule has 0 saturated carbocycles. The van der Waals surface area contributed by atoms with Gasteiger partial charge in [-0.1, -0.05) is 23.3 Å². The molecule has 0 N–H and O–H groups in total. The fraction of sp³-hybridized carbons (Fsp3) is 0.273. The van der Waals surface area contributed by atoms with E-state index in [4.69, 9.17) is 10.3 Å². The van der Waals surface area contributed by atoms with Gasteiger partial charge in [0.05, 0.1) is 7.11 Å². The van der Waals surface area contributed by atoms with Crippen molar-refractivity contribution in [3.8, 4) is 5.75 Å². The highest BCUT2D eigenvalue weighted by atomic mass is 16.5. The highest BCUT2D eigenvalue weighted by molar-refractivity contribution is 5.56. The van der Waals surface area contributed by atoms with Crippen LogP contribution in [0.4, 0.5) is 0 Å². The molecule has 0 radical (unpaired) electrons. The Hall–Kier alpha value is -1.93. The number of hydrogen-bond donors (Lipinski definition) is 0. The molecule has 0 fully saturated rings. The van der Waals surface area contributed by atoms with Crippen LogP contribution in [0, 0.1) is 6.92 Å². The first kappa shape index (κ1) is 11.1. The number of azide groups is 1. The molecule has 0 heterocycles. The molecule has 4 nitrogen and oxygen atoms in total. The van der Waals surface area contributed by atoms with E-state index < -0.39 is 0 Å². The number of hydrogen-bond acceptors (Lipinski definition) is 2. The minimum atomic E-state index is 0.368. The summed E-state index contributed by atoms with van der Waals surface area (Å²) in [5, 5.41) is 3.42. The van der Waals surface area contributed by atoms with Gasteiger partial charge < -0.3 is 4.74 Å². The summed E-state index contributed by atoms with van der Waals surface area (Å²) in [5.74, 6) is 0.823. The third-order valence-corrected chi connectivity index (χ3v) is 2.03. The summed E-state index contributed by atoms with van der Waals surface area (Å²) >= 11 is 0. The van der Waals surface area contributed by atoms with Crippen molar-refractivity contribution in [1.29, 1.82) is 0 Å². The fourth-order valence-corrected chi connectivity index (χ4v) is 1.19. The molecule has 15 heavy (non-hydrogen) atoms. The Morgan fingerprint density at radius 1 is 1.53 bits per heavy atom. The van der Waals surface area contributed by atoms with Gasteiger partial charge in [0.25, 0.3) is 0 Å². The normalized spacial score (nSPS) is 10.0. The SMILES string of the molecule is COc1ccc(C)c(C=CCN=[N+]=[N-])c1. The Labute approximate surface area is 88.8 Å². The third kappa shape index (κ3) is 3.37. The lowest BCUT2D eigenvalue weighted by Gasteiger charge is -2.03. The fourth-order valence-electron chi connectivity index (χ4n) is 1.19. The van der Waals surface area contributed by atoms with Crippen LogP contribution in [0.3, 0.4) is 0 Å². The smallest absolute Gasteiger partial charge is 0.119 e. The second-order valence-corrected chi connectivity index (χ2v) is 3.04. The Morgan fingerprint density at radius 2 is 2.33 bits per heavy atom. The zero-order valence-electron chi connectivity index (χ0n) is 8.84. The maximum atomic E-state index is 8.10. The minimum Gasteiger partial charge on any atom is -0.497 e. The summed E-state index contributed by atoms with van der Waals surface area (Å²) in [5.41, 5.74) is 10.3. The molecule has 0 amide bonds. The summed E-state index contributed by atoms with van der Waals surface area (Å²) in [6, 6.07) is 5.86. The molecule has 1 rings (SSSR count). The maximum Gasteiger partial charge on any atom is 0.119 e. The van der Waals surface area contributed by atoms with Gasteiger partial charge in [-0.05, 0) is 35.7 Å². The van der Waals surface area contributed by atoms with Gasteiger partial charge in [0.1, 0.15) is 5.75 Å². The van der Waals surface area contributed by atoms with Crippen molar-refractivity contribution < 1.29 is 4.74 Å². The van der Waals surface area contributed by atoms with Crippen LogP contribution in [0.25, 0.3) is 16.5 Å². The molecule has 0 aromatic heterocycles. The molecule has 4 heteroatoms. The Bertz CT molecular complexity index is 406. The van der Waals surface area contributed by atoms with E-state index in [9.17, 15) is 0 Å². The summed E-state index contributed by atoms with van der Waals surface area (Å²) in [6.07, 6.45) is 3.74. The largest absolute Gasteiger partial charge is 0.497 e. The molecule has 1 aromatic carbocycles. The zero-order chi connectivity index (χ0) is 11.1. The van der Waals surface area contributed by atoms with Crippen molar-refractivity contribution >= 4 is 6.08 Å². The number of nitrogens with zero attached hydrogens (tertiary/aromatic N) is 3. The molecule has 0 aliphatic rings. The monoisotopic (exact) mass is 203 g/mol. The Morgan fingerprint density at radius 3 is 3.00 bits per heavy atom. The van der Waals surface area contributed by atoms with E-state index in [0.717, 1.165) is 16.9 Å². The van der Waals surface area contributed by atoms with E-state index in [2.05, 4.69) is 10.0 Å². The minimum absolute atomic E-state index is 0.368. The van der Waals surface area contributed by atoms with Gasteiger partial charge in [-0.3, -0.25) is 0 Å². The highest BCUT2D eigenvalue weighted by Crippen LogP contribution is 2.18. The maximum absolute atomic E-state index is 8.10. The van der Waals surface area contributed by atoms with Gasteiger partial charge in [-0.2, -0.15) is 0 Å². The molecule has 1 aromatic rings. The number of ether oxygens (including phenoxy) is 1. The summed E-state index contributed by atoms with van der Waals surface area (Å²) < 4.78 is 5.12. The number of rotatable bonds is 4. The lowest BCUT2D eigenvalue weighted by atomic mass is 10.1. The van der Waals surface area contributed by atoms with Crippen molar-refractivity contribution in [2.75, 3.05) is 13.7 Å². The summed E-state index contributed by atoms with van der Waals surface area (Å²) in [6.45, 7) is 2.39. The van der Waals surface area contributed by atoms with Gasteiger partial charge in [-0.25, -0.2) is 0 Å².